The normalized spacial score (nSPS) is 25.8. The van der Waals surface area contributed by atoms with Crippen LogP contribution < -0.4 is 10.2 Å². The monoisotopic (exact) mass is 271 g/mol. The molecule has 2 saturated heterocycles. The number of benzene rings is 1. The summed E-state index contributed by atoms with van der Waals surface area (Å²) in [6, 6.07) is 10.5. The maximum absolute atomic E-state index is 4.63. The molecule has 2 aliphatic rings. The van der Waals surface area contributed by atoms with E-state index in [1.165, 1.54) is 41.8 Å². The fraction of sp³-hybridized carbons (Fsp3) is 0.400. The molecule has 4 rings (SSSR count). The number of fused-ring (bicyclic) bond motifs is 1. The van der Waals surface area contributed by atoms with Gasteiger partial charge in [0.1, 0.15) is 0 Å². The Morgan fingerprint density at radius 1 is 1.11 bits per heavy atom. The van der Waals surface area contributed by atoms with Crippen molar-refractivity contribution in [2.75, 3.05) is 31.1 Å². The molecule has 2 aliphatic heterocycles. The first-order valence-electron chi connectivity index (χ1n) is 6.87. The van der Waals surface area contributed by atoms with E-state index in [1.54, 1.807) is 0 Å². The second-order valence-electron chi connectivity index (χ2n) is 5.46. The van der Waals surface area contributed by atoms with E-state index in [4.69, 9.17) is 0 Å². The third-order valence-electron chi connectivity index (χ3n) is 4.21. The highest BCUT2D eigenvalue weighted by Crippen LogP contribution is 2.35. The molecule has 0 radical (unpaired) electrons. The number of rotatable bonds is 2. The van der Waals surface area contributed by atoms with E-state index in [2.05, 4.69) is 45.5 Å². The lowest BCUT2D eigenvalue weighted by Crippen LogP contribution is -2.25. The summed E-state index contributed by atoms with van der Waals surface area (Å²) >= 11 is 1.82. The quantitative estimate of drug-likeness (QED) is 0.909. The van der Waals surface area contributed by atoms with Gasteiger partial charge in [-0.3, -0.25) is 0 Å². The van der Waals surface area contributed by atoms with E-state index >= 15 is 0 Å². The third-order valence-corrected chi connectivity index (χ3v) is 5.32. The summed E-state index contributed by atoms with van der Waals surface area (Å²) in [6.07, 6.45) is 2.02. The van der Waals surface area contributed by atoms with Crippen LogP contribution in [0.4, 0.5) is 5.13 Å². The maximum atomic E-state index is 4.63. The number of hydrogen-bond donors (Lipinski definition) is 1. The number of anilines is 1. The Hall–Kier alpha value is -1.39. The molecule has 0 amide bonds. The molecule has 2 aromatic rings. The fourth-order valence-corrected chi connectivity index (χ4v) is 4.10. The number of nitrogens with zero attached hydrogens (tertiary/aromatic N) is 2. The molecular formula is C15H17N3S. The average molecular weight is 271 g/mol. The topological polar surface area (TPSA) is 28.2 Å². The molecule has 0 spiro atoms. The molecule has 19 heavy (non-hydrogen) atoms. The van der Waals surface area contributed by atoms with E-state index in [0.29, 0.717) is 0 Å². The Morgan fingerprint density at radius 3 is 2.58 bits per heavy atom. The van der Waals surface area contributed by atoms with Gasteiger partial charge >= 0.3 is 0 Å². The Kier molecular flexibility index (Phi) is 2.78. The Morgan fingerprint density at radius 2 is 1.84 bits per heavy atom. The van der Waals surface area contributed by atoms with Crippen LogP contribution in [0.3, 0.4) is 0 Å². The van der Waals surface area contributed by atoms with Gasteiger partial charge in [0.25, 0.3) is 0 Å². The fourth-order valence-electron chi connectivity index (χ4n) is 3.16. The van der Waals surface area contributed by atoms with Crippen molar-refractivity contribution in [3.63, 3.8) is 0 Å². The molecular weight excluding hydrogens is 254 g/mol. The lowest BCUT2D eigenvalue weighted by atomic mass is 10.0. The molecule has 3 heterocycles. The summed E-state index contributed by atoms with van der Waals surface area (Å²) in [4.78, 5) is 8.36. The van der Waals surface area contributed by atoms with Gasteiger partial charge in [-0.2, -0.15) is 0 Å². The van der Waals surface area contributed by atoms with Gasteiger partial charge in [-0.25, -0.2) is 4.98 Å². The van der Waals surface area contributed by atoms with E-state index < -0.39 is 0 Å². The summed E-state index contributed by atoms with van der Waals surface area (Å²) in [7, 11) is 0. The molecule has 2 unspecified atom stereocenters. The summed E-state index contributed by atoms with van der Waals surface area (Å²) in [5.74, 6) is 1.65. The predicted molar refractivity (Wildman–Crippen MR) is 79.6 cm³/mol. The summed E-state index contributed by atoms with van der Waals surface area (Å²) in [6.45, 7) is 4.69. The number of thiazole rings is 1. The minimum Gasteiger partial charge on any atom is -0.347 e. The summed E-state index contributed by atoms with van der Waals surface area (Å²) < 4.78 is 0. The molecule has 1 aromatic carbocycles. The van der Waals surface area contributed by atoms with Crippen LogP contribution in [-0.4, -0.2) is 31.2 Å². The van der Waals surface area contributed by atoms with E-state index in [1.807, 2.05) is 17.5 Å². The van der Waals surface area contributed by atoms with Crippen LogP contribution in [0.1, 0.15) is 0 Å². The first-order chi connectivity index (χ1) is 9.40. The average Bonchev–Trinajstić information content (AvgIpc) is 3.14. The van der Waals surface area contributed by atoms with Crippen LogP contribution in [0, 0.1) is 11.8 Å². The van der Waals surface area contributed by atoms with E-state index in [-0.39, 0.29) is 0 Å². The van der Waals surface area contributed by atoms with Gasteiger partial charge in [0.2, 0.25) is 0 Å². The van der Waals surface area contributed by atoms with E-state index in [9.17, 15) is 0 Å². The zero-order chi connectivity index (χ0) is 12.7. The van der Waals surface area contributed by atoms with Gasteiger partial charge in [-0.1, -0.05) is 41.7 Å². The van der Waals surface area contributed by atoms with Crippen molar-refractivity contribution >= 4 is 16.5 Å². The predicted octanol–water partition coefficient (Wildman–Crippen LogP) is 2.47. The molecule has 0 saturated carbocycles. The second-order valence-corrected chi connectivity index (χ2v) is 6.47. The van der Waals surface area contributed by atoms with Crippen molar-refractivity contribution in [2.24, 2.45) is 11.8 Å². The van der Waals surface area contributed by atoms with E-state index in [0.717, 1.165) is 11.8 Å². The highest BCUT2D eigenvalue weighted by molar-refractivity contribution is 7.18. The van der Waals surface area contributed by atoms with Crippen LogP contribution in [0.2, 0.25) is 0 Å². The highest BCUT2D eigenvalue weighted by atomic mass is 32.1. The lowest BCUT2D eigenvalue weighted by molar-refractivity contribution is 0.533. The maximum Gasteiger partial charge on any atom is 0.185 e. The van der Waals surface area contributed by atoms with Crippen molar-refractivity contribution in [3.8, 4) is 10.4 Å². The van der Waals surface area contributed by atoms with Crippen molar-refractivity contribution in [1.29, 1.82) is 0 Å². The molecule has 1 aromatic heterocycles. The zero-order valence-corrected chi connectivity index (χ0v) is 11.6. The van der Waals surface area contributed by atoms with Gasteiger partial charge in [0.05, 0.1) is 4.88 Å². The summed E-state index contributed by atoms with van der Waals surface area (Å²) in [5, 5.41) is 4.67. The van der Waals surface area contributed by atoms with Gasteiger partial charge in [-0.05, 0) is 17.4 Å². The Labute approximate surface area is 117 Å². The van der Waals surface area contributed by atoms with Crippen LogP contribution >= 0.6 is 11.3 Å². The van der Waals surface area contributed by atoms with Gasteiger partial charge in [0, 0.05) is 32.4 Å². The lowest BCUT2D eigenvalue weighted by Gasteiger charge is -2.15. The summed E-state index contributed by atoms with van der Waals surface area (Å²) in [5.41, 5.74) is 1.27. The smallest absolute Gasteiger partial charge is 0.185 e. The van der Waals surface area contributed by atoms with Gasteiger partial charge in [0.15, 0.2) is 5.13 Å². The number of aromatic nitrogens is 1. The van der Waals surface area contributed by atoms with Crippen LogP contribution in [0.5, 0.6) is 0 Å². The molecule has 2 atom stereocenters. The van der Waals surface area contributed by atoms with Crippen molar-refractivity contribution in [3.05, 3.63) is 36.5 Å². The first kappa shape index (κ1) is 11.4. The van der Waals surface area contributed by atoms with Crippen LogP contribution in [0.25, 0.3) is 10.4 Å². The van der Waals surface area contributed by atoms with Crippen molar-refractivity contribution < 1.29 is 0 Å². The SMILES string of the molecule is c1ccc(-c2cnc(N3CC4CNCC4C3)s2)cc1. The minimum atomic E-state index is 0.823. The Balaban J connectivity index is 1.56. The standard InChI is InChI=1S/C15H17N3S/c1-2-4-11(5-3-1)14-8-17-15(19-14)18-9-12-6-16-7-13(12)10-18/h1-5,8,12-13,16H,6-7,9-10H2. The number of nitrogens with one attached hydrogen (secondary N) is 1. The second kappa shape index (κ2) is 4.62. The molecule has 2 fully saturated rings. The third kappa shape index (κ3) is 2.05. The Bertz CT molecular complexity index is 554. The molecule has 0 bridgehead atoms. The van der Waals surface area contributed by atoms with Crippen molar-refractivity contribution in [2.45, 2.75) is 0 Å². The molecule has 0 aliphatic carbocycles. The van der Waals surface area contributed by atoms with Crippen LogP contribution in [0.15, 0.2) is 36.5 Å². The zero-order valence-electron chi connectivity index (χ0n) is 10.7. The minimum absolute atomic E-state index is 0.823. The molecule has 4 heteroatoms. The molecule has 3 nitrogen and oxygen atoms in total. The number of hydrogen-bond acceptors (Lipinski definition) is 4. The van der Waals surface area contributed by atoms with Crippen molar-refractivity contribution in [1.82, 2.24) is 10.3 Å². The van der Waals surface area contributed by atoms with Gasteiger partial charge < -0.3 is 10.2 Å². The molecule has 1 N–H and O–H groups in total. The largest absolute Gasteiger partial charge is 0.347 e. The molecule has 98 valence electrons. The van der Waals surface area contributed by atoms with Crippen LogP contribution in [-0.2, 0) is 0 Å². The van der Waals surface area contributed by atoms with Gasteiger partial charge in [-0.15, -0.1) is 0 Å². The highest BCUT2D eigenvalue weighted by Gasteiger charge is 2.36. The first-order valence-corrected chi connectivity index (χ1v) is 7.69.